The molecule has 2 N–H and O–H groups in total. The maximum Gasteiger partial charge on any atom is 0.282 e. The Morgan fingerprint density at radius 2 is 1.92 bits per heavy atom. The molecular formula is C21H30N3O+. The van der Waals surface area contributed by atoms with Crippen LogP contribution in [0.1, 0.15) is 56.8 Å². The maximum absolute atomic E-state index is 12.8. The number of carbonyl (C=O) groups is 1. The molecule has 1 aromatic heterocycles. The fourth-order valence-corrected chi connectivity index (χ4v) is 3.93. The number of anilines is 1. The summed E-state index contributed by atoms with van der Waals surface area (Å²) >= 11 is 0. The van der Waals surface area contributed by atoms with E-state index in [4.69, 9.17) is 0 Å². The van der Waals surface area contributed by atoms with Gasteiger partial charge in [0.05, 0.1) is 12.2 Å². The van der Waals surface area contributed by atoms with Crippen molar-refractivity contribution in [2.24, 2.45) is 7.05 Å². The van der Waals surface area contributed by atoms with Crippen LogP contribution in [0.4, 0.5) is 5.69 Å². The number of hydrogen-bond acceptors (Lipinski definition) is 1. The summed E-state index contributed by atoms with van der Waals surface area (Å²) in [5.74, 6) is 0.608. The van der Waals surface area contributed by atoms with E-state index in [-0.39, 0.29) is 11.9 Å². The summed E-state index contributed by atoms with van der Waals surface area (Å²) in [6.45, 7) is 7.46. The molecule has 0 radical (unpaired) electrons. The van der Waals surface area contributed by atoms with E-state index in [2.05, 4.69) is 68.2 Å². The first-order valence-electron chi connectivity index (χ1n) is 9.35. The van der Waals surface area contributed by atoms with Gasteiger partial charge in [0.15, 0.2) is 6.04 Å². The van der Waals surface area contributed by atoms with Crippen molar-refractivity contribution in [3.63, 3.8) is 0 Å². The van der Waals surface area contributed by atoms with Crippen molar-refractivity contribution in [2.45, 2.75) is 51.6 Å². The van der Waals surface area contributed by atoms with Crippen LogP contribution in [-0.4, -0.2) is 23.1 Å². The molecule has 25 heavy (non-hydrogen) atoms. The Balaban J connectivity index is 1.68. The highest BCUT2D eigenvalue weighted by molar-refractivity contribution is 5.93. The van der Waals surface area contributed by atoms with Crippen LogP contribution >= 0.6 is 0 Å². The van der Waals surface area contributed by atoms with Gasteiger partial charge in [-0.15, -0.1) is 0 Å². The van der Waals surface area contributed by atoms with Crippen molar-refractivity contribution in [1.82, 2.24) is 4.57 Å². The zero-order chi connectivity index (χ0) is 18.0. The molecule has 1 unspecified atom stereocenters. The molecule has 2 aromatic rings. The molecule has 0 bridgehead atoms. The van der Waals surface area contributed by atoms with E-state index < -0.39 is 0 Å². The average molecular weight is 340 g/mol. The zero-order valence-electron chi connectivity index (χ0n) is 15.8. The van der Waals surface area contributed by atoms with E-state index in [1.54, 1.807) is 0 Å². The number of amides is 1. The lowest BCUT2D eigenvalue weighted by Gasteiger charge is -2.27. The number of nitrogens with one attached hydrogen (secondary N) is 2. The largest absolute Gasteiger partial charge is 0.350 e. The lowest BCUT2D eigenvalue weighted by Crippen LogP contribution is -3.15. The number of aromatic nitrogens is 1. The number of benzene rings is 1. The molecule has 2 heterocycles. The molecule has 1 aliphatic rings. The minimum atomic E-state index is -0.0628. The van der Waals surface area contributed by atoms with Crippen molar-refractivity contribution < 1.29 is 9.69 Å². The second-order valence-electron chi connectivity index (χ2n) is 7.55. The van der Waals surface area contributed by atoms with Crippen LogP contribution in [0, 0.1) is 0 Å². The Morgan fingerprint density at radius 3 is 2.52 bits per heavy atom. The van der Waals surface area contributed by atoms with Gasteiger partial charge in [-0.25, -0.2) is 0 Å². The first kappa shape index (κ1) is 17.7. The second kappa shape index (κ2) is 7.44. The van der Waals surface area contributed by atoms with Gasteiger partial charge in [-0.1, -0.05) is 26.0 Å². The summed E-state index contributed by atoms with van der Waals surface area (Å²) in [4.78, 5) is 14.2. The lowest BCUT2D eigenvalue weighted by molar-refractivity contribution is -0.932. The Hall–Kier alpha value is -2.07. The van der Waals surface area contributed by atoms with E-state index in [9.17, 15) is 4.79 Å². The molecule has 1 aliphatic heterocycles. The summed E-state index contributed by atoms with van der Waals surface area (Å²) in [6, 6.07) is 12.8. The Labute approximate surface area is 150 Å². The van der Waals surface area contributed by atoms with Crippen molar-refractivity contribution >= 4 is 11.6 Å². The highest BCUT2D eigenvalue weighted by atomic mass is 16.2. The van der Waals surface area contributed by atoms with Crippen molar-refractivity contribution in [3.05, 3.63) is 53.9 Å². The Morgan fingerprint density at radius 1 is 1.20 bits per heavy atom. The molecule has 1 fully saturated rings. The molecule has 0 aliphatic carbocycles. The number of nitrogens with zero attached hydrogens (tertiary/aromatic N) is 1. The van der Waals surface area contributed by atoms with Crippen LogP contribution in [0.3, 0.4) is 0 Å². The number of quaternary nitrogens is 1. The van der Waals surface area contributed by atoms with Gasteiger partial charge >= 0.3 is 0 Å². The fraction of sp³-hybridized carbons (Fsp3) is 0.476. The molecule has 134 valence electrons. The quantitative estimate of drug-likeness (QED) is 0.863. The first-order chi connectivity index (χ1) is 12.0. The van der Waals surface area contributed by atoms with Crippen LogP contribution in [0.25, 0.3) is 0 Å². The minimum absolute atomic E-state index is 0.0628. The molecule has 4 heteroatoms. The molecule has 4 nitrogen and oxygen atoms in total. The normalized spacial score (nSPS) is 21.5. The molecule has 1 saturated heterocycles. The van der Waals surface area contributed by atoms with E-state index >= 15 is 0 Å². The van der Waals surface area contributed by atoms with E-state index in [1.165, 1.54) is 22.6 Å². The maximum atomic E-state index is 12.8. The van der Waals surface area contributed by atoms with E-state index in [0.29, 0.717) is 12.0 Å². The van der Waals surface area contributed by atoms with Crippen molar-refractivity contribution in [2.75, 3.05) is 11.9 Å². The molecule has 0 spiro atoms. The van der Waals surface area contributed by atoms with Crippen LogP contribution < -0.4 is 10.2 Å². The third-order valence-electron chi connectivity index (χ3n) is 5.54. The average Bonchev–Trinajstić information content (AvgIpc) is 3.22. The summed E-state index contributed by atoms with van der Waals surface area (Å²) in [5, 5.41) is 3.10. The van der Waals surface area contributed by atoms with Crippen molar-refractivity contribution in [3.8, 4) is 0 Å². The van der Waals surface area contributed by atoms with Gasteiger partial charge in [-0.2, -0.15) is 0 Å². The third-order valence-corrected chi connectivity index (χ3v) is 5.54. The van der Waals surface area contributed by atoms with Crippen molar-refractivity contribution in [1.29, 1.82) is 0 Å². The lowest BCUT2D eigenvalue weighted by atomic mass is 10.0. The number of likely N-dealkylation sites (tertiary alicyclic amines) is 1. The predicted molar refractivity (Wildman–Crippen MR) is 102 cm³/mol. The molecular weight excluding hydrogens is 310 g/mol. The third kappa shape index (κ3) is 3.79. The van der Waals surface area contributed by atoms with E-state index in [1.807, 2.05) is 12.1 Å². The van der Waals surface area contributed by atoms with Gasteiger partial charge in [0.1, 0.15) is 6.04 Å². The SMILES string of the molecule is CC(C)c1ccc(NC(=O)[C@@H](C)[NH+]2CCC[C@@H]2c2cccn2C)cc1. The topological polar surface area (TPSA) is 38.5 Å². The van der Waals surface area contributed by atoms with E-state index in [0.717, 1.165) is 18.7 Å². The molecule has 1 amide bonds. The summed E-state index contributed by atoms with van der Waals surface area (Å²) in [5.41, 5.74) is 3.50. The first-order valence-corrected chi connectivity index (χ1v) is 9.35. The smallest absolute Gasteiger partial charge is 0.282 e. The fourth-order valence-electron chi connectivity index (χ4n) is 3.93. The van der Waals surface area contributed by atoms with Gasteiger partial charge in [-0.3, -0.25) is 4.79 Å². The zero-order valence-corrected chi connectivity index (χ0v) is 15.8. The van der Waals surface area contributed by atoms with Crippen LogP contribution in [0.5, 0.6) is 0 Å². The Kier molecular flexibility index (Phi) is 5.28. The number of hydrogen-bond donors (Lipinski definition) is 2. The summed E-state index contributed by atoms with van der Waals surface area (Å²) in [7, 11) is 2.09. The standard InChI is InChI=1S/C21H29N3O/c1-15(2)17-9-11-18(12-10-17)22-21(25)16(3)24-14-6-8-20(24)19-7-5-13-23(19)4/h5,7,9-13,15-16,20H,6,8,14H2,1-4H3,(H,22,25)/p+1/t16-,20-/m1/s1. The van der Waals surface area contributed by atoms with Gasteiger partial charge in [0.25, 0.3) is 5.91 Å². The van der Waals surface area contributed by atoms with Crippen LogP contribution in [-0.2, 0) is 11.8 Å². The van der Waals surface area contributed by atoms with Gasteiger partial charge in [0.2, 0.25) is 0 Å². The minimum Gasteiger partial charge on any atom is -0.350 e. The summed E-state index contributed by atoms with van der Waals surface area (Å²) < 4.78 is 2.19. The molecule has 3 atom stereocenters. The van der Waals surface area contributed by atoms with Crippen LogP contribution in [0.2, 0.25) is 0 Å². The van der Waals surface area contributed by atoms with Gasteiger partial charge in [0, 0.05) is 31.8 Å². The highest BCUT2D eigenvalue weighted by Gasteiger charge is 2.38. The number of carbonyl (C=O) groups excluding carboxylic acids is 1. The Bertz CT molecular complexity index is 717. The molecule has 0 saturated carbocycles. The predicted octanol–water partition coefficient (Wildman–Crippen LogP) is 2.90. The summed E-state index contributed by atoms with van der Waals surface area (Å²) in [6.07, 6.45) is 4.41. The van der Waals surface area contributed by atoms with Gasteiger partial charge in [-0.05, 0) is 42.7 Å². The molecule has 3 rings (SSSR count). The second-order valence-corrected chi connectivity index (χ2v) is 7.55. The molecule has 1 aromatic carbocycles. The van der Waals surface area contributed by atoms with Gasteiger partial charge < -0.3 is 14.8 Å². The van der Waals surface area contributed by atoms with Crippen LogP contribution in [0.15, 0.2) is 42.6 Å². The highest BCUT2D eigenvalue weighted by Crippen LogP contribution is 2.20. The number of rotatable bonds is 5. The number of aryl methyl sites for hydroxylation is 1. The monoisotopic (exact) mass is 340 g/mol.